The van der Waals surface area contributed by atoms with E-state index in [1.165, 1.54) is 11.8 Å². The van der Waals surface area contributed by atoms with Crippen LogP contribution in [0.1, 0.15) is 26.7 Å². The van der Waals surface area contributed by atoms with Crippen molar-refractivity contribution in [3.63, 3.8) is 0 Å². The van der Waals surface area contributed by atoms with Gasteiger partial charge in [0.25, 0.3) is 0 Å². The number of carboxylic acids is 1. The molecule has 1 aliphatic heterocycles. The van der Waals surface area contributed by atoms with Crippen molar-refractivity contribution in [2.75, 3.05) is 17.3 Å². The molecule has 116 valence electrons. The third-order valence-electron chi connectivity index (χ3n) is 2.98. The zero-order chi connectivity index (χ0) is 15.3. The van der Waals surface area contributed by atoms with Gasteiger partial charge in [-0.3, -0.25) is 4.79 Å². The summed E-state index contributed by atoms with van der Waals surface area (Å²) in [7, 11) is -2.94. The molecule has 0 radical (unpaired) electrons. The van der Waals surface area contributed by atoms with Crippen LogP contribution in [0.25, 0.3) is 0 Å². The summed E-state index contributed by atoms with van der Waals surface area (Å²) in [6, 6.07) is -0.879. The summed E-state index contributed by atoms with van der Waals surface area (Å²) >= 11 is 1.28. The lowest BCUT2D eigenvalue weighted by atomic mass is 10.0. The number of nitrogens with one attached hydrogen (secondary N) is 1. The highest BCUT2D eigenvalue weighted by atomic mass is 32.2. The Morgan fingerprint density at radius 1 is 1.40 bits per heavy atom. The van der Waals surface area contributed by atoms with Crippen molar-refractivity contribution in [3.8, 4) is 0 Å². The standard InChI is InChI=1S/C12H21NO5S2/c1-8(2)5-10(12(15)16)13-11(14)6-19-9-3-4-20(17,18)7-9/h8-10H,3-7H2,1-2H3,(H,13,14)(H,15,16). The third kappa shape index (κ3) is 6.13. The van der Waals surface area contributed by atoms with Gasteiger partial charge in [-0.1, -0.05) is 13.8 Å². The van der Waals surface area contributed by atoms with Crippen LogP contribution < -0.4 is 5.32 Å². The van der Waals surface area contributed by atoms with E-state index in [-0.39, 0.29) is 34.3 Å². The Hall–Kier alpha value is -0.760. The van der Waals surface area contributed by atoms with Crippen molar-refractivity contribution in [1.29, 1.82) is 0 Å². The minimum atomic E-state index is -2.94. The van der Waals surface area contributed by atoms with Crippen LogP contribution in [-0.4, -0.2) is 54.0 Å². The van der Waals surface area contributed by atoms with Gasteiger partial charge in [-0.15, -0.1) is 11.8 Å². The molecule has 1 rings (SSSR count). The van der Waals surface area contributed by atoms with E-state index in [0.717, 1.165) is 0 Å². The number of sulfone groups is 1. The van der Waals surface area contributed by atoms with Crippen LogP contribution in [0.4, 0.5) is 0 Å². The van der Waals surface area contributed by atoms with Gasteiger partial charge < -0.3 is 10.4 Å². The fourth-order valence-electron chi connectivity index (χ4n) is 2.01. The molecular formula is C12H21NO5S2. The van der Waals surface area contributed by atoms with Gasteiger partial charge in [0, 0.05) is 5.25 Å². The zero-order valence-electron chi connectivity index (χ0n) is 11.7. The van der Waals surface area contributed by atoms with Gasteiger partial charge >= 0.3 is 5.97 Å². The number of carbonyl (C=O) groups is 2. The highest BCUT2D eigenvalue weighted by Gasteiger charge is 2.29. The normalized spacial score (nSPS) is 22.6. The molecule has 0 bridgehead atoms. The fourth-order valence-corrected chi connectivity index (χ4v) is 5.47. The molecule has 0 saturated carbocycles. The Kier molecular flexibility index (Phi) is 6.32. The largest absolute Gasteiger partial charge is 0.480 e. The first-order chi connectivity index (χ1) is 9.19. The number of carboxylic acid groups (broad SMARTS) is 1. The van der Waals surface area contributed by atoms with E-state index in [1.54, 1.807) is 0 Å². The van der Waals surface area contributed by atoms with Gasteiger partial charge in [-0.2, -0.15) is 0 Å². The van der Waals surface area contributed by atoms with Gasteiger partial charge in [0.15, 0.2) is 9.84 Å². The first kappa shape index (κ1) is 17.3. The summed E-state index contributed by atoms with van der Waals surface area (Å²) in [4.78, 5) is 22.7. The molecule has 2 N–H and O–H groups in total. The predicted molar refractivity (Wildman–Crippen MR) is 78.5 cm³/mol. The summed E-state index contributed by atoms with van der Waals surface area (Å²) in [5, 5.41) is 11.4. The SMILES string of the molecule is CC(C)CC(NC(=O)CSC1CCS(=O)(=O)C1)C(=O)O. The monoisotopic (exact) mass is 323 g/mol. The van der Waals surface area contributed by atoms with Crippen LogP contribution in [0.2, 0.25) is 0 Å². The molecule has 0 aromatic carbocycles. The molecular weight excluding hydrogens is 302 g/mol. The van der Waals surface area contributed by atoms with E-state index in [1.807, 2.05) is 13.8 Å². The molecule has 0 aliphatic carbocycles. The van der Waals surface area contributed by atoms with E-state index < -0.39 is 21.8 Å². The molecule has 1 fully saturated rings. The Morgan fingerprint density at radius 3 is 2.50 bits per heavy atom. The number of aliphatic carboxylic acids is 1. The van der Waals surface area contributed by atoms with Crippen molar-refractivity contribution >= 4 is 33.5 Å². The molecule has 1 saturated heterocycles. The molecule has 1 heterocycles. The number of hydrogen-bond donors (Lipinski definition) is 2. The quantitative estimate of drug-likeness (QED) is 0.708. The smallest absolute Gasteiger partial charge is 0.326 e. The number of amides is 1. The Balaban J connectivity index is 2.37. The predicted octanol–water partition coefficient (Wildman–Crippen LogP) is 0.522. The van der Waals surface area contributed by atoms with Crippen LogP contribution in [0.3, 0.4) is 0 Å². The fraction of sp³-hybridized carbons (Fsp3) is 0.833. The van der Waals surface area contributed by atoms with Gasteiger partial charge in [0.05, 0.1) is 17.3 Å². The minimum absolute atomic E-state index is 0.0564. The number of carbonyl (C=O) groups excluding carboxylic acids is 1. The van der Waals surface area contributed by atoms with E-state index in [9.17, 15) is 18.0 Å². The average Bonchev–Trinajstić information content (AvgIpc) is 2.65. The summed E-state index contributed by atoms with van der Waals surface area (Å²) in [5.74, 6) is -0.837. The van der Waals surface area contributed by atoms with Crippen LogP contribution in [0.5, 0.6) is 0 Å². The van der Waals surface area contributed by atoms with E-state index in [0.29, 0.717) is 12.8 Å². The molecule has 8 heteroatoms. The van der Waals surface area contributed by atoms with E-state index in [2.05, 4.69) is 5.32 Å². The van der Waals surface area contributed by atoms with Crippen molar-refractivity contribution in [2.45, 2.75) is 38.0 Å². The lowest BCUT2D eigenvalue weighted by Gasteiger charge is -2.16. The number of rotatable bonds is 7. The van der Waals surface area contributed by atoms with Crippen LogP contribution in [0.15, 0.2) is 0 Å². The van der Waals surface area contributed by atoms with Crippen molar-refractivity contribution in [1.82, 2.24) is 5.32 Å². The van der Waals surface area contributed by atoms with Gasteiger partial charge in [-0.05, 0) is 18.8 Å². The molecule has 2 atom stereocenters. The summed E-state index contributed by atoms with van der Waals surface area (Å²) in [6.07, 6.45) is 0.943. The molecule has 1 amide bonds. The Labute approximate surface area is 123 Å². The van der Waals surface area contributed by atoms with Crippen molar-refractivity contribution in [3.05, 3.63) is 0 Å². The number of hydrogen-bond acceptors (Lipinski definition) is 5. The van der Waals surface area contributed by atoms with Crippen molar-refractivity contribution in [2.24, 2.45) is 5.92 Å². The average molecular weight is 323 g/mol. The molecule has 20 heavy (non-hydrogen) atoms. The Bertz CT molecular complexity index is 460. The maximum absolute atomic E-state index is 11.7. The van der Waals surface area contributed by atoms with E-state index in [4.69, 9.17) is 5.11 Å². The lowest BCUT2D eigenvalue weighted by Crippen LogP contribution is -2.42. The molecule has 2 unspecified atom stereocenters. The summed E-state index contributed by atoms with van der Waals surface area (Å²) in [6.45, 7) is 3.78. The molecule has 0 aromatic heterocycles. The summed E-state index contributed by atoms with van der Waals surface area (Å²) < 4.78 is 22.6. The van der Waals surface area contributed by atoms with Gasteiger partial charge in [-0.25, -0.2) is 13.2 Å². The molecule has 0 spiro atoms. The molecule has 1 aliphatic rings. The van der Waals surface area contributed by atoms with Crippen LogP contribution >= 0.6 is 11.8 Å². The maximum atomic E-state index is 11.7. The highest BCUT2D eigenvalue weighted by Crippen LogP contribution is 2.24. The van der Waals surface area contributed by atoms with Crippen LogP contribution in [0, 0.1) is 5.92 Å². The molecule has 6 nitrogen and oxygen atoms in total. The number of thioether (sulfide) groups is 1. The minimum Gasteiger partial charge on any atom is -0.480 e. The topological polar surface area (TPSA) is 101 Å². The van der Waals surface area contributed by atoms with Gasteiger partial charge in [0.1, 0.15) is 6.04 Å². The van der Waals surface area contributed by atoms with Crippen LogP contribution in [-0.2, 0) is 19.4 Å². The summed E-state index contributed by atoms with van der Waals surface area (Å²) in [5.41, 5.74) is 0. The maximum Gasteiger partial charge on any atom is 0.326 e. The second kappa shape index (κ2) is 7.31. The lowest BCUT2D eigenvalue weighted by molar-refractivity contribution is -0.141. The van der Waals surface area contributed by atoms with E-state index >= 15 is 0 Å². The Morgan fingerprint density at radius 2 is 2.05 bits per heavy atom. The first-order valence-corrected chi connectivity index (χ1v) is 9.41. The van der Waals surface area contributed by atoms with Crippen molar-refractivity contribution < 1.29 is 23.1 Å². The highest BCUT2D eigenvalue weighted by molar-refractivity contribution is 8.02. The zero-order valence-corrected chi connectivity index (χ0v) is 13.3. The van der Waals surface area contributed by atoms with Gasteiger partial charge in [0.2, 0.25) is 5.91 Å². The third-order valence-corrected chi connectivity index (χ3v) is 6.26. The second-order valence-electron chi connectivity index (χ2n) is 5.42. The second-order valence-corrected chi connectivity index (χ2v) is 8.94. The first-order valence-electron chi connectivity index (χ1n) is 6.54. The molecule has 0 aromatic rings.